The van der Waals surface area contributed by atoms with Gasteiger partial charge in [-0.05, 0) is 59.3 Å². The Morgan fingerprint density at radius 2 is 2.06 bits per heavy atom. The fourth-order valence-corrected chi connectivity index (χ4v) is 2.42. The molecular formula is C13H15BrF3N. The molecule has 1 aromatic carbocycles. The Bertz CT molecular complexity index is 427. The van der Waals surface area contributed by atoms with Crippen LogP contribution in [0.2, 0.25) is 0 Å². The highest BCUT2D eigenvalue weighted by atomic mass is 79.9. The van der Waals surface area contributed by atoms with Gasteiger partial charge in [-0.15, -0.1) is 0 Å². The highest BCUT2D eigenvalue weighted by Gasteiger charge is 2.33. The van der Waals surface area contributed by atoms with Crippen LogP contribution in [0.5, 0.6) is 0 Å². The standard InChI is InChI=1S/C13H15BrF3N/c1-2-11(8-3-4-8)18-12-7-9(13(15,16)17)5-6-10(12)14/h5-8,11,18H,2-4H2,1H3. The Hall–Kier alpha value is -0.710. The van der Waals surface area contributed by atoms with Crippen molar-refractivity contribution in [1.82, 2.24) is 0 Å². The zero-order chi connectivity index (χ0) is 13.3. The third-order valence-corrected chi connectivity index (χ3v) is 3.96. The monoisotopic (exact) mass is 321 g/mol. The predicted octanol–water partition coefficient (Wildman–Crippen LogP) is 5.07. The summed E-state index contributed by atoms with van der Waals surface area (Å²) < 4.78 is 38.6. The van der Waals surface area contributed by atoms with Crippen molar-refractivity contribution in [2.24, 2.45) is 5.92 Å². The first-order chi connectivity index (χ1) is 8.41. The predicted molar refractivity (Wildman–Crippen MR) is 69.6 cm³/mol. The van der Waals surface area contributed by atoms with E-state index in [-0.39, 0.29) is 6.04 Å². The minimum atomic E-state index is -4.29. The number of nitrogens with one attached hydrogen (secondary N) is 1. The van der Waals surface area contributed by atoms with Gasteiger partial charge < -0.3 is 5.32 Å². The average Bonchev–Trinajstić information content (AvgIpc) is 3.10. The molecule has 0 bridgehead atoms. The molecule has 100 valence electrons. The lowest BCUT2D eigenvalue weighted by molar-refractivity contribution is -0.137. The lowest BCUT2D eigenvalue weighted by Crippen LogP contribution is -2.21. The smallest absolute Gasteiger partial charge is 0.381 e. The summed E-state index contributed by atoms with van der Waals surface area (Å²) in [6, 6.07) is 3.98. The van der Waals surface area contributed by atoms with Crippen molar-refractivity contribution in [2.45, 2.75) is 38.4 Å². The summed E-state index contributed by atoms with van der Waals surface area (Å²) in [6.07, 6.45) is -1.03. The van der Waals surface area contributed by atoms with Crippen molar-refractivity contribution in [1.29, 1.82) is 0 Å². The van der Waals surface area contributed by atoms with Gasteiger partial charge in [0, 0.05) is 16.2 Å². The van der Waals surface area contributed by atoms with Crippen LogP contribution in [-0.2, 0) is 6.18 Å². The highest BCUT2D eigenvalue weighted by molar-refractivity contribution is 9.10. The first kappa shape index (κ1) is 13.7. The molecule has 1 N–H and O–H groups in total. The van der Waals surface area contributed by atoms with Crippen LogP contribution in [0.25, 0.3) is 0 Å². The number of anilines is 1. The molecule has 0 radical (unpaired) electrons. The molecule has 0 saturated heterocycles. The Labute approximate surface area is 113 Å². The van der Waals surface area contributed by atoms with E-state index in [0.29, 0.717) is 16.1 Å². The second-order valence-corrected chi connectivity index (χ2v) is 5.54. The Morgan fingerprint density at radius 1 is 1.39 bits per heavy atom. The summed E-state index contributed by atoms with van der Waals surface area (Å²) in [5.74, 6) is 0.608. The third kappa shape index (κ3) is 3.19. The van der Waals surface area contributed by atoms with E-state index in [9.17, 15) is 13.2 Å². The molecule has 0 amide bonds. The van der Waals surface area contributed by atoms with E-state index < -0.39 is 11.7 Å². The summed E-state index contributed by atoms with van der Waals surface area (Å²) >= 11 is 3.29. The first-order valence-corrected chi connectivity index (χ1v) is 6.84. The third-order valence-electron chi connectivity index (χ3n) is 3.27. The molecule has 5 heteroatoms. The molecule has 1 aliphatic rings. The van der Waals surface area contributed by atoms with Crippen LogP contribution in [-0.4, -0.2) is 6.04 Å². The molecule has 1 nitrogen and oxygen atoms in total. The maximum atomic E-state index is 12.6. The highest BCUT2D eigenvalue weighted by Crippen LogP contribution is 2.38. The number of alkyl halides is 3. The van der Waals surface area contributed by atoms with Gasteiger partial charge in [-0.2, -0.15) is 13.2 Å². The maximum absolute atomic E-state index is 12.6. The van der Waals surface area contributed by atoms with Crippen LogP contribution in [0.3, 0.4) is 0 Å². The van der Waals surface area contributed by atoms with Crippen LogP contribution in [0.1, 0.15) is 31.7 Å². The zero-order valence-corrected chi connectivity index (χ0v) is 11.6. The van der Waals surface area contributed by atoms with E-state index in [1.807, 2.05) is 0 Å². The number of benzene rings is 1. The van der Waals surface area contributed by atoms with Gasteiger partial charge in [-0.1, -0.05) is 6.92 Å². The number of hydrogen-bond donors (Lipinski definition) is 1. The summed E-state index contributed by atoms with van der Waals surface area (Å²) in [5.41, 5.74) is -0.0811. The van der Waals surface area contributed by atoms with Crippen molar-refractivity contribution in [3.05, 3.63) is 28.2 Å². The molecule has 0 spiro atoms. The second-order valence-electron chi connectivity index (χ2n) is 4.69. The van der Waals surface area contributed by atoms with Crippen LogP contribution < -0.4 is 5.32 Å². The lowest BCUT2D eigenvalue weighted by Gasteiger charge is -2.20. The zero-order valence-electron chi connectivity index (χ0n) is 10.0. The van der Waals surface area contributed by atoms with Crippen LogP contribution in [0, 0.1) is 5.92 Å². The van der Waals surface area contributed by atoms with Gasteiger partial charge in [0.05, 0.1) is 5.56 Å². The lowest BCUT2D eigenvalue weighted by atomic mass is 10.1. The SMILES string of the molecule is CCC(Nc1cc(C(F)(F)F)ccc1Br)C1CC1. The van der Waals surface area contributed by atoms with Crippen molar-refractivity contribution in [2.75, 3.05) is 5.32 Å². The molecule has 0 aromatic heterocycles. The summed E-state index contributed by atoms with van der Waals surface area (Å²) in [6.45, 7) is 2.05. The van der Waals surface area contributed by atoms with Crippen molar-refractivity contribution >= 4 is 21.6 Å². The number of rotatable bonds is 4. The van der Waals surface area contributed by atoms with Gasteiger partial charge in [0.2, 0.25) is 0 Å². The van der Waals surface area contributed by atoms with Crippen LogP contribution in [0.4, 0.5) is 18.9 Å². The molecule has 2 rings (SSSR count). The van der Waals surface area contributed by atoms with E-state index in [1.165, 1.54) is 25.0 Å². The molecular weight excluding hydrogens is 307 g/mol. The van der Waals surface area contributed by atoms with Crippen LogP contribution in [0.15, 0.2) is 22.7 Å². The fourth-order valence-electron chi connectivity index (χ4n) is 2.06. The molecule has 1 atom stereocenters. The Morgan fingerprint density at radius 3 is 2.56 bits per heavy atom. The quantitative estimate of drug-likeness (QED) is 0.816. The summed E-state index contributed by atoms with van der Waals surface area (Å²) in [7, 11) is 0. The summed E-state index contributed by atoms with van der Waals surface area (Å²) in [5, 5.41) is 3.22. The van der Waals surface area contributed by atoms with Gasteiger partial charge in [0.25, 0.3) is 0 Å². The molecule has 1 fully saturated rings. The molecule has 18 heavy (non-hydrogen) atoms. The van der Waals surface area contributed by atoms with E-state index in [0.717, 1.165) is 12.5 Å². The van der Waals surface area contributed by atoms with Gasteiger partial charge in [0.15, 0.2) is 0 Å². The van der Waals surface area contributed by atoms with E-state index >= 15 is 0 Å². The minimum absolute atomic E-state index is 0.268. The van der Waals surface area contributed by atoms with Gasteiger partial charge in [-0.3, -0.25) is 0 Å². The Balaban J connectivity index is 2.20. The average molecular weight is 322 g/mol. The molecule has 0 heterocycles. The maximum Gasteiger partial charge on any atom is 0.416 e. The molecule has 0 aliphatic heterocycles. The van der Waals surface area contributed by atoms with Crippen molar-refractivity contribution in [3.63, 3.8) is 0 Å². The van der Waals surface area contributed by atoms with Gasteiger partial charge in [0.1, 0.15) is 0 Å². The normalized spacial score (nSPS) is 17.6. The van der Waals surface area contributed by atoms with Crippen molar-refractivity contribution < 1.29 is 13.2 Å². The number of halogens is 4. The first-order valence-electron chi connectivity index (χ1n) is 6.05. The van der Waals surface area contributed by atoms with E-state index in [2.05, 4.69) is 28.2 Å². The molecule has 1 aromatic rings. The topological polar surface area (TPSA) is 12.0 Å². The molecule has 1 saturated carbocycles. The van der Waals surface area contributed by atoms with Gasteiger partial charge >= 0.3 is 6.18 Å². The summed E-state index contributed by atoms with van der Waals surface area (Å²) in [4.78, 5) is 0. The van der Waals surface area contributed by atoms with E-state index in [1.54, 1.807) is 0 Å². The fraction of sp³-hybridized carbons (Fsp3) is 0.538. The molecule has 1 aliphatic carbocycles. The minimum Gasteiger partial charge on any atom is -0.381 e. The van der Waals surface area contributed by atoms with Gasteiger partial charge in [-0.25, -0.2) is 0 Å². The number of hydrogen-bond acceptors (Lipinski definition) is 1. The largest absolute Gasteiger partial charge is 0.416 e. The van der Waals surface area contributed by atoms with Crippen LogP contribution >= 0.6 is 15.9 Å². The second kappa shape index (κ2) is 5.11. The Kier molecular flexibility index (Phi) is 3.90. The molecule has 1 unspecified atom stereocenters. The van der Waals surface area contributed by atoms with Crippen molar-refractivity contribution in [3.8, 4) is 0 Å². The van der Waals surface area contributed by atoms with E-state index in [4.69, 9.17) is 0 Å².